The zero-order valence-corrected chi connectivity index (χ0v) is 25.3. The summed E-state index contributed by atoms with van der Waals surface area (Å²) in [7, 11) is 0.765. The first-order chi connectivity index (χ1) is 18.8. The van der Waals surface area contributed by atoms with Crippen LogP contribution in [0.3, 0.4) is 0 Å². The van der Waals surface area contributed by atoms with Crippen LogP contribution in [0, 0.1) is 15.5 Å². The summed E-state index contributed by atoms with van der Waals surface area (Å²) in [6.07, 6.45) is -0.270. The highest BCUT2D eigenvalue weighted by Crippen LogP contribution is 2.45. The fourth-order valence-corrected chi connectivity index (χ4v) is 5.15. The van der Waals surface area contributed by atoms with Gasteiger partial charge in [0.1, 0.15) is 17.7 Å². The molecule has 3 atom stereocenters. The third-order valence-electron chi connectivity index (χ3n) is 8.11. The number of carbonyl (C=O) groups is 3. The van der Waals surface area contributed by atoms with E-state index in [1.807, 2.05) is 27.7 Å². The van der Waals surface area contributed by atoms with Crippen LogP contribution in [0.1, 0.15) is 78.6 Å². The fraction of sp³-hybridized carbons (Fsp3) is 0.679. The number of ether oxygens (including phenoxy) is 3. The minimum Gasteiger partial charge on any atom is -0.467 e. The second kappa shape index (κ2) is 11.6. The maximum Gasteiger partial charge on any atom is 0.457 e. The molecule has 12 nitrogen and oxygen atoms in total. The molecule has 1 amide bonds. The van der Waals surface area contributed by atoms with Crippen LogP contribution in [0.15, 0.2) is 24.3 Å². The summed E-state index contributed by atoms with van der Waals surface area (Å²) in [5, 5.41) is 11.0. The number of non-ortho nitro benzene ring substituents is 1. The molecule has 0 spiro atoms. The second-order valence-corrected chi connectivity index (χ2v) is 12.8. The number of hydrogen-bond acceptors (Lipinski definition) is 10. The molecular weight excluding hydrogens is 535 g/mol. The van der Waals surface area contributed by atoms with E-state index in [-0.39, 0.29) is 17.8 Å². The van der Waals surface area contributed by atoms with Gasteiger partial charge in [-0.3, -0.25) is 15.0 Å². The van der Waals surface area contributed by atoms with Gasteiger partial charge in [-0.05, 0) is 73.3 Å². The molecule has 2 heterocycles. The summed E-state index contributed by atoms with van der Waals surface area (Å²) < 4.78 is 28.8. The number of nitro benzene ring substituents is 1. The lowest BCUT2D eigenvalue weighted by Gasteiger charge is -2.35. The van der Waals surface area contributed by atoms with Crippen LogP contribution in [0.5, 0.6) is 0 Å². The van der Waals surface area contributed by atoms with Gasteiger partial charge in [0.2, 0.25) is 0 Å². The highest BCUT2D eigenvalue weighted by Gasteiger charge is 2.59. The van der Waals surface area contributed by atoms with Gasteiger partial charge in [0.25, 0.3) is 5.69 Å². The van der Waals surface area contributed by atoms with Crippen molar-refractivity contribution in [2.45, 2.75) is 104 Å². The van der Waals surface area contributed by atoms with Crippen LogP contribution in [-0.2, 0) is 28.3 Å². The first-order valence-corrected chi connectivity index (χ1v) is 13.7. The molecule has 41 heavy (non-hydrogen) atoms. The molecule has 2 aliphatic rings. The number of rotatable bonds is 8. The lowest BCUT2D eigenvalue weighted by atomic mass is 9.72. The Morgan fingerprint density at radius 1 is 1.07 bits per heavy atom. The van der Waals surface area contributed by atoms with Crippen molar-refractivity contribution < 1.29 is 42.8 Å². The number of esters is 2. The average Bonchev–Trinajstić information content (AvgIpc) is 3.25. The number of carbonyl (C=O) groups excluding carboxylic acids is 3. The lowest BCUT2D eigenvalue weighted by molar-refractivity contribution is -0.384. The predicted molar refractivity (Wildman–Crippen MR) is 149 cm³/mol. The minimum atomic E-state index is -1.10. The largest absolute Gasteiger partial charge is 0.467 e. The molecule has 3 rings (SSSR count). The van der Waals surface area contributed by atoms with Crippen molar-refractivity contribution in [3.05, 3.63) is 39.9 Å². The summed E-state index contributed by atoms with van der Waals surface area (Å²) in [6, 6.07) is 3.91. The summed E-state index contributed by atoms with van der Waals surface area (Å²) in [4.78, 5) is 51.3. The third kappa shape index (κ3) is 7.00. The zero-order chi connectivity index (χ0) is 31.0. The van der Waals surface area contributed by atoms with Gasteiger partial charge in [-0.2, -0.15) is 0 Å². The first-order valence-electron chi connectivity index (χ1n) is 13.7. The molecule has 0 bridgehead atoms. The smallest absolute Gasteiger partial charge is 0.457 e. The molecule has 2 fully saturated rings. The van der Waals surface area contributed by atoms with E-state index in [2.05, 4.69) is 0 Å². The SMILES string of the molecule is COC(=O)[C@H]1N(C(=O)OC(C)(C)C)CC(OC(=O)c2ccc([N+](=O)[O-])cc2)[C@@]1(C)CCCB1OC(C)(C)C(C)(C)O1. The summed E-state index contributed by atoms with van der Waals surface area (Å²) in [5.41, 5.74) is -2.97. The zero-order valence-electron chi connectivity index (χ0n) is 25.3. The molecule has 1 aromatic rings. The van der Waals surface area contributed by atoms with Gasteiger partial charge < -0.3 is 23.5 Å². The van der Waals surface area contributed by atoms with Crippen molar-refractivity contribution in [3.63, 3.8) is 0 Å². The van der Waals surface area contributed by atoms with E-state index in [1.54, 1.807) is 27.7 Å². The van der Waals surface area contributed by atoms with Crippen molar-refractivity contribution in [1.29, 1.82) is 0 Å². The number of benzene rings is 1. The van der Waals surface area contributed by atoms with Crippen molar-refractivity contribution in [2.75, 3.05) is 13.7 Å². The van der Waals surface area contributed by atoms with E-state index in [0.717, 1.165) is 0 Å². The van der Waals surface area contributed by atoms with Gasteiger partial charge in [-0.25, -0.2) is 14.4 Å². The molecule has 0 aromatic heterocycles. The molecule has 226 valence electrons. The Kier molecular flexibility index (Phi) is 9.14. The first kappa shape index (κ1) is 32.3. The Morgan fingerprint density at radius 3 is 2.12 bits per heavy atom. The molecule has 1 unspecified atom stereocenters. The van der Waals surface area contributed by atoms with Crippen molar-refractivity contribution in [1.82, 2.24) is 4.90 Å². The molecule has 1 aromatic carbocycles. The van der Waals surface area contributed by atoms with Gasteiger partial charge in [0, 0.05) is 17.5 Å². The number of nitro groups is 1. The van der Waals surface area contributed by atoms with E-state index in [0.29, 0.717) is 19.2 Å². The van der Waals surface area contributed by atoms with Crippen LogP contribution in [0.4, 0.5) is 10.5 Å². The molecule has 0 aliphatic carbocycles. The molecule has 0 N–H and O–H groups in total. The Labute approximate surface area is 241 Å². The Balaban J connectivity index is 1.89. The van der Waals surface area contributed by atoms with E-state index in [9.17, 15) is 24.5 Å². The number of nitrogens with zero attached hydrogens (tertiary/aromatic N) is 2. The molecule has 13 heteroatoms. The van der Waals surface area contributed by atoms with Crippen molar-refractivity contribution in [2.24, 2.45) is 5.41 Å². The number of hydrogen-bond donors (Lipinski definition) is 0. The predicted octanol–water partition coefficient (Wildman–Crippen LogP) is 4.79. The standard InChI is InChI=1S/C28H41BN2O10/c1-25(2,3)39-24(34)30-17-20(38-22(32)18-11-13-19(14-12-18)31(35)36)28(8,21(30)23(33)37-9)15-10-16-29-40-26(4,5)27(6,7)41-29/h11-14,20-21H,10,15-17H2,1-9H3/t20?,21-,28-/m1/s1. The molecule has 2 aliphatic heterocycles. The van der Waals surface area contributed by atoms with Crippen LogP contribution in [0.25, 0.3) is 0 Å². The number of likely N-dealkylation sites (tertiary alicyclic amines) is 1. The number of methoxy groups -OCH3 is 1. The van der Waals surface area contributed by atoms with Crippen LogP contribution in [-0.4, -0.2) is 77.6 Å². The van der Waals surface area contributed by atoms with Gasteiger partial charge in [-0.1, -0.05) is 13.3 Å². The fourth-order valence-electron chi connectivity index (χ4n) is 5.15. The Morgan fingerprint density at radius 2 is 1.63 bits per heavy atom. The number of amides is 1. The van der Waals surface area contributed by atoms with Gasteiger partial charge in [0.15, 0.2) is 0 Å². The Bertz CT molecular complexity index is 1150. The van der Waals surface area contributed by atoms with Crippen molar-refractivity contribution in [3.8, 4) is 0 Å². The van der Waals surface area contributed by atoms with Crippen molar-refractivity contribution >= 4 is 30.8 Å². The Hall–Kier alpha value is -3.19. The van der Waals surface area contributed by atoms with Crippen LogP contribution >= 0.6 is 0 Å². The van der Waals surface area contributed by atoms with Gasteiger partial charge in [0.05, 0.1) is 35.3 Å². The van der Waals surface area contributed by atoms with Crippen LogP contribution < -0.4 is 0 Å². The quantitative estimate of drug-likeness (QED) is 0.139. The summed E-state index contributed by atoms with van der Waals surface area (Å²) in [6.45, 7) is 14.7. The maximum atomic E-state index is 13.3. The molecule has 0 saturated carbocycles. The summed E-state index contributed by atoms with van der Waals surface area (Å²) >= 11 is 0. The maximum absolute atomic E-state index is 13.3. The third-order valence-corrected chi connectivity index (χ3v) is 8.11. The van der Waals surface area contributed by atoms with Crippen LogP contribution in [0.2, 0.25) is 6.32 Å². The summed E-state index contributed by atoms with van der Waals surface area (Å²) in [5.74, 6) is -1.40. The van der Waals surface area contributed by atoms with E-state index in [4.69, 9.17) is 23.5 Å². The molecule has 2 saturated heterocycles. The van der Waals surface area contributed by atoms with Gasteiger partial charge >= 0.3 is 25.2 Å². The monoisotopic (exact) mass is 576 g/mol. The highest BCUT2D eigenvalue weighted by molar-refractivity contribution is 6.45. The highest BCUT2D eigenvalue weighted by atomic mass is 16.7. The normalized spacial score (nSPS) is 25.1. The second-order valence-electron chi connectivity index (χ2n) is 12.8. The van der Waals surface area contributed by atoms with E-state index < -0.39 is 64.4 Å². The van der Waals surface area contributed by atoms with E-state index >= 15 is 0 Å². The van der Waals surface area contributed by atoms with Gasteiger partial charge in [-0.15, -0.1) is 0 Å². The topological polar surface area (TPSA) is 144 Å². The molecule has 0 radical (unpaired) electrons. The average molecular weight is 576 g/mol. The lowest BCUT2D eigenvalue weighted by Crippen LogP contribution is -2.50. The minimum absolute atomic E-state index is 0.0977. The molecular formula is C28H41BN2O10. The van der Waals surface area contributed by atoms with E-state index in [1.165, 1.54) is 36.3 Å².